The van der Waals surface area contributed by atoms with Crippen molar-refractivity contribution < 1.29 is 14.2 Å². The average Bonchev–Trinajstić information content (AvgIpc) is 3.05. The van der Waals surface area contributed by atoms with Gasteiger partial charge in [-0.25, -0.2) is 4.79 Å². The Kier molecular flexibility index (Phi) is 4.61. The fourth-order valence-corrected chi connectivity index (χ4v) is 2.45. The summed E-state index contributed by atoms with van der Waals surface area (Å²) in [5.41, 5.74) is 6.36. The van der Waals surface area contributed by atoms with Crippen molar-refractivity contribution >= 4 is 11.7 Å². The summed E-state index contributed by atoms with van der Waals surface area (Å²) >= 11 is 0. The van der Waals surface area contributed by atoms with E-state index < -0.39 is 16.5 Å². The first-order valence-corrected chi connectivity index (χ1v) is 7.83. The molecule has 25 heavy (non-hydrogen) atoms. The largest absolute Gasteiger partial charge is 0.337 e. The molecule has 1 aromatic carbocycles. The number of amides is 2. The zero-order valence-corrected chi connectivity index (χ0v) is 13.4. The second-order valence-electron chi connectivity index (χ2n) is 5.98. The number of carbonyl (C=O) groups is 1. The van der Waals surface area contributed by atoms with Gasteiger partial charge < -0.3 is 20.9 Å². The lowest BCUT2D eigenvalue weighted by Crippen LogP contribution is -2.44. The molecule has 3 rings (SSSR count). The van der Waals surface area contributed by atoms with Gasteiger partial charge >= 0.3 is 6.03 Å². The third kappa shape index (κ3) is 3.91. The van der Waals surface area contributed by atoms with Gasteiger partial charge in [-0.1, -0.05) is 17.3 Å². The minimum atomic E-state index is -0.500. The van der Waals surface area contributed by atoms with Gasteiger partial charge in [0.05, 0.1) is 17.0 Å². The van der Waals surface area contributed by atoms with Gasteiger partial charge in [-0.3, -0.25) is 10.1 Å². The molecule has 0 radical (unpaired) electrons. The van der Waals surface area contributed by atoms with Gasteiger partial charge in [-0.2, -0.15) is 4.98 Å². The molecule has 0 saturated heterocycles. The van der Waals surface area contributed by atoms with Crippen molar-refractivity contribution in [1.29, 1.82) is 0 Å². The van der Waals surface area contributed by atoms with E-state index in [1.165, 1.54) is 12.1 Å². The summed E-state index contributed by atoms with van der Waals surface area (Å²) in [7, 11) is 0. The van der Waals surface area contributed by atoms with E-state index in [2.05, 4.69) is 20.8 Å². The molecule has 2 amide bonds. The average molecular weight is 346 g/mol. The Morgan fingerprint density at radius 1 is 1.28 bits per heavy atom. The minimum absolute atomic E-state index is 0.00420. The maximum atomic E-state index is 11.8. The van der Waals surface area contributed by atoms with Crippen molar-refractivity contribution in [2.45, 2.75) is 37.9 Å². The fraction of sp³-hybridized carbons (Fsp3) is 0.400. The van der Waals surface area contributed by atoms with Crippen LogP contribution in [0.4, 0.5) is 10.5 Å². The van der Waals surface area contributed by atoms with Gasteiger partial charge in [0.2, 0.25) is 5.89 Å². The maximum absolute atomic E-state index is 11.8. The number of nitro benzene ring substituents is 1. The predicted octanol–water partition coefficient (Wildman–Crippen LogP) is 1.32. The number of carbonyl (C=O) groups excluding carboxylic acids is 1. The number of hydrogen-bond donors (Lipinski definition) is 3. The fourth-order valence-electron chi connectivity index (χ4n) is 2.45. The van der Waals surface area contributed by atoms with Gasteiger partial charge in [0.25, 0.3) is 5.69 Å². The van der Waals surface area contributed by atoms with Crippen LogP contribution < -0.4 is 16.4 Å². The van der Waals surface area contributed by atoms with Crippen LogP contribution in [0.25, 0.3) is 0 Å². The third-order valence-corrected chi connectivity index (χ3v) is 4.16. The van der Waals surface area contributed by atoms with Crippen molar-refractivity contribution in [3.63, 3.8) is 0 Å². The smallest absolute Gasteiger partial charge is 0.315 e. The van der Waals surface area contributed by atoms with Crippen LogP contribution in [-0.4, -0.2) is 21.1 Å². The van der Waals surface area contributed by atoms with Crippen LogP contribution >= 0.6 is 0 Å². The van der Waals surface area contributed by atoms with E-state index in [0.717, 1.165) is 24.8 Å². The number of urea groups is 1. The minimum Gasteiger partial charge on any atom is -0.337 e. The highest BCUT2D eigenvalue weighted by Crippen LogP contribution is 2.36. The van der Waals surface area contributed by atoms with Crippen molar-refractivity contribution in [3.05, 3.63) is 51.7 Å². The normalized spacial score (nSPS) is 15.2. The van der Waals surface area contributed by atoms with Gasteiger partial charge in [-0.05, 0) is 24.8 Å². The van der Waals surface area contributed by atoms with E-state index in [1.807, 2.05) is 0 Å². The molecule has 0 bridgehead atoms. The number of benzene rings is 1. The molecule has 0 spiro atoms. The van der Waals surface area contributed by atoms with Crippen LogP contribution in [0.5, 0.6) is 0 Å². The Morgan fingerprint density at radius 2 is 1.96 bits per heavy atom. The molecule has 1 aromatic heterocycles. The van der Waals surface area contributed by atoms with E-state index in [4.69, 9.17) is 10.3 Å². The van der Waals surface area contributed by atoms with E-state index in [9.17, 15) is 14.9 Å². The quantitative estimate of drug-likeness (QED) is 0.527. The Hall–Kier alpha value is -3.01. The molecule has 0 unspecified atom stereocenters. The van der Waals surface area contributed by atoms with Crippen LogP contribution in [0, 0.1) is 10.1 Å². The second-order valence-corrected chi connectivity index (χ2v) is 5.98. The number of nitrogens with zero attached hydrogens (tertiary/aromatic N) is 3. The predicted molar refractivity (Wildman–Crippen MR) is 86.2 cm³/mol. The molecule has 1 aliphatic carbocycles. The lowest BCUT2D eigenvalue weighted by atomic mass is 9.77. The Balaban J connectivity index is 1.44. The van der Waals surface area contributed by atoms with Crippen LogP contribution in [0.2, 0.25) is 0 Å². The third-order valence-electron chi connectivity index (χ3n) is 4.16. The monoisotopic (exact) mass is 346 g/mol. The van der Waals surface area contributed by atoms with Crippen LogP contribution in [0.1, 0.15) is 36.5 Å². The molecule has 0 atom stereocenters. The first-order valence-electron chi connectivity index (χ1n) is 7.83. The molecular weight excluding hydrogens is 328 g/mol. The summed E-state index contributed by atoms with van der Waals surface area (Å²) in [6, 6.07) is 5.53. The van der Waals surface area contributed by atoms with Crippen molar-refractivity contribution in [1.82, 2.24) is 20.8 Å². The first-order chi connectivity index (χ1) is 12.0. The topological polar surface area (TPSA) is 149 Å². The molecular formula is C15H18N6O4. The van der Waals surface area contributed by atoms with E-state index in [0.29, 0.717) is 5.82 Å². The van der Waals surface area contributed by atoms with Crippen molar-refractivity contribution in [3.8, 4) is 0 Å². The Bertz CT molecular complexity index is 769. The second kappa shape index (κ2) is 6.85. The first kappa shape index (κ1) is 16.8. The molecule has 10 nitrogen and oxygen atoms in total. The Morgan fingerprint density at radius 3 is 2.56 bits per heavy atom. The summed E-state index contributed by atoms with van der Waals surface area (Å²) in [6.45, 7) is 0.333. The van der Waals surface area contributed by atoms with E-state index in [1.54, 1.807) is 12.1 Å². The summed E-state index contributed by atoms with van der Waals surface area (Å²) in [5, 5.41) is 19.7. The highest BCUT2D eigenvalue weighted by atomic mass is 16.6. The summed E-state index contributed by atoms with van der Waals surface area (Å²) in [4.78, 5) is 26.1. The molecule has 0 aliphatic heterocycles. The lowest BCUT2D eigenvalue weighted by Gasteiger charge is -2.34. The van der Waals surface area contributed by atoms with Crippen LogP contribution in [-0.2, 0) is 18.6 Å². The number of nitrogens with two attached hydrogens (primary N) is 1. The number of hydrogen-bond acceptors (Lipinski definition) is 7. The summed E-state index contributed by atoms with van der Waals surface area (Å²) in [6.07, 6.45) is 2.70. The highest BCUT2D eigenvalue weighted by Gasteiger charge is 2.38. The molecule has 4 N–H and O–H groups in total. The molecule has 132 valence electrons. The number of non-ortho nitro benzene ring substituents is 1. The van der Waals surface area contributed by atoms with E-state index >= 15 is 0 Å². The molecule has 2 aromatic rings. The lowest BCUT2D eigenvalue weighted by molar-refractivity contribution is -0.384. The molecule has 10 heteroatoms. The number of aromatic nitrogens is 2. The summed E-state index contributed by atoms with van der Waals surface area (Å²) in [5.74, 6) is 0.763. The zero-order valence-electron chi connectivity index (χ0n) is 13.4. The SMILES string of the molecule is NC1(c2noc(CNC(=O)NCc3ccc([N+](=O)[O-])cc3)n2)CCC1. The maximum Gasteiger partial charge on any atom is 0.315 e. The van der Waals surface area contributed by atoms with Crippen molar-refractivity contribution in [2.24, 2.45) is 5.73 Å². The number of rotatable bonds is 6. The van der Waals surface area contributed by atoms with Gasteiger partial charge in [0.1, 0.15) is 0 Å². The van der Waals surface area contributed by atoms with Crippen LogP contribution in [0.15, 0.2) is 28.8 Å². The van der Waals surface area contributed by atoms with Gasteiger partial charge in [0, 0.05) is 18.7 Å². The summed E-state index contributed by atoms with van der Waals surface area (Å²) < 4.78 is 5.09. The highest BCUT2D eigenvalue weighted by molar-refractivity contribution is 5.73. The molecule has 1 saturated carbocycles. The molecule has 1 aliphatic rings. The van der Waals surface area contributed by atoms with Crippen LogP contribution in [0.3, 0.4) is 0 Å². The Labute approximate surface area is 142 Å². The van der Waals surface area contributed by atoms with Gasteiger partial charge in [-0.15, -0.1) is 0 Å². The molecule has 1 heterocycles. The van der Waals surface area contributed by atoms with Gasteiger partial charge in [0.15, 0.2) is 5.82 Å². The van der Waals surface area contributed by atoms with E-state index in [-0.39, 0.29) is 24.7 Å². The number of nitrogens with one attached hydrogen (secondary N) is 2. The number of nitro groups is 1. The zero-order chi connectivity index (χ0) is 17.9. The van der Waals surface area contributed by atoms with Crippen molar-refractivity contribution in [2.75, 3.05) is 0 Å². The molecule has 1 fully saturated rings. The standard InChI is InChI=1S/C15H18N6O4/c16-15(6-1-7-15)13-19-12(25-20-13)9-18-14(22)17-8-10-2-4-11(5-3-10)21(23)24/h2-5H,1,6-9,16H2,(H2,17,18,22).